The Labute approximate surface area is 190 Å². The number of nitrogens with one attached hydrogen (secondary N) is 1. The van der Waals surface area contributed by atoms with Crippen LogP contribution >= 0.6 is 0 Å². The van der Waals surface area contributed by atoms with E-state index in [-0.39, 0.29) is 17.4 Å². The highest BCUT2D eigenvalue weighted by Gasteiger charge is 2.33. The molecular weight excluding hydrogens is 429 g/mol. The number of aromatic nitrogens is 1. The molecule has 0 saturated heterocycles. The second kappa shape index (κ2) is 9.98. The van der Waals surface area contributed by atoms with Crippen molar-refractivity contribution in [3.8, 4) is 0 Å². The van der Waals surface area contributed by atoms with Crippen molar-refractivity contribution in [2.75, 3.05) is 10.8 Å². The predicted octanol–water partition coefficient (Wildman–Crippen LogP) is 4.63. The van der Waals surface area contributed by atoms with E-state index in [9.17, 15) is 17.1 Å². The molecule has 2 aromatic rings. The average molecular weight is 462 g/mol. The third-order valence-electron chi connectivity index (χ3n) is 5.87. The van der Waals surface area contributed by atoms with E-state index in [0.29, 0.717) is 11.3 Å². The lowest BCUT2D eigenvalue weighted by molar-refractivity contribution is -0.123. The van der Waals surface area contributed by atoms with Gasteiger partial charge in [-0.05, 0) is 42.0 Å². The van der Waals surface area contributed by atoms with E-state index in [1.807, 2.05) is 12.1 Å². The van der Waals surface area contributed by atoms with Crippen LogP contribution in [0.4, 0.5) is 9.57 Å². The van der Waals surface area contributed by atoms with Crippen LogP contribution in [0.2, 0.25) is 0 Å². The first kappa shape index (κ1) is 24.2. The molecule has 32 heavy (non-hydrogen) atoms. The molecule has 1 heterocycles. The molecule has 1 saturated carbocycles. The van der Waals surface area contributed by atoms with Crippen LogP contribution in [0.5, 0.6) is 0 Å². The van der Waals surface area contributed by atoms with Crippen molar-refractivity contribution in [1.29, 1.82) is 0 Å². The molecule has 1 N–H and O–H groups in total. The normalized spacial score (nSPS) is 16.4. The molecule has 1 aliphatic carbocycles. The van der Waals surface area contributed by atoms with Gasteiger partial charge in [-0.15, -0.1) is 3.89 Å². The van der Waals surface area contributed by atoms with Crippen molar-refractivity contribution >= 4 is 21.8 Å². The highest BCUT2D eigenvalue weighted by atomic mass is 32.3. The van der Waals surface area contributed by atoms with Gasteiger partial charge in [0, 0.05) is 29.7 Å². The standard InChI is InChI=1S/C24H32FN3O3S/c1-24(2,3)19-11-13-21(14-12-19)28(17-32(25,30)31)22(18-8-7-15-26-16-18)23(29)27-20-9-5-4-6-10-20/h7-8,11-16,20,22H,4-6,9-10,17H2,1-3H3,(H,27,29). The summed E-state index contributed by atoms with van der Waals surface area (Å²) in [5.41, 5.74) is 1.90. The first-order chi connectivity index (χ1) is 15.0. The lowest BCUT2D eigenvalue weighted by atomic mass is 9.87. The predicted molar refractivity (Wildman–Crippen MR) is 125 cm³/mol. The number of carbonyl (C=O) groups is 1. The zero-order valence-electron chi connectivity index (χ0n) is 18.9. The van der Waals surface area contributed by atoms with Crippen LogP contribution in [0.15, 0.2) is 48.8 Å². The van der Waals surface area contributed by atoms with Gasteiger partial charge < -0.3 is 10.2 Å². The van der Waals surface area contributed by atoms with Crippen LogP contribution in [-0.2, 0) is 20.4 Å². The van der Waals surface area contributed by atoms with Gasteiger partial charge in [-0.1, -0.05) is 58.2 Å². The fraction of sp³-hybridized carbons (Fsp3) is 0.500. The Hall–Kier alpha value is -2.48. The topological polar surface area (TPSA) is 79.4 Å². The zero-order valence-corrected chi connectivity index (χ0v) is 19.7. The number of carbonyl (C=O) groups excluding carboxylic acids is 1. The molecule has 1 fully saturated rings. The van der Waals surface area contributed by atoms with Crippen molar-refractivity contribution in [2.45, 2.75) is 70.4 Å². The second-order valence-electron chi connectivity index (χ2n) is 9.47. The molecule has 1 aliphatic rings. The van der Waals surface area contributed by atoms with Crippen molar-refractivity contribution < 1.29 is 17.1 Å². The summed E-state index contributed by atoms with van der Waals surface area (Å²) >= 11 is 0. The van der Waals surface area contributed by atoms with Crippen molar-refractivity contribution in [3.05, 3.63) is 59.9 Å². The molecule has 3 rings (SSSR count). The highest BCUT2D eigenvalue weighted by Crippen LogP contribution is 2.31. The summed E-state index contributed by atoms with van der Waals surface area (Å²) in [6.07, 6.45) is 8.09. The molecule has 0 radical (unpaired) electrons. The molecule has 174 valence electrons. The summed E-state index contributed by atoms with van der Waals surface area (Å²) in [5.74, 6) is -1.28. The van der Waals surface area contributed by atoms with Crippen LogP contribution in [0.3, 0.4) is 0 Å². The fourth-order valence-corrected chi connectivity index (χ4v) is 4.79. The first-order valence-electron chi connectivity index (χ1n) is 11.0. The Bertz CT molecular complexity index is 999. The monoisotopic (exact) mass is 461 g/mol. The third-order valence-corrected chi connectivity index (χ3v) is 6.46. The minimum atomic E-state index is -4.90. The van der Waals surface area contributed by atoms with Crippen LogP contribution < -0.4 is 10.2 Å². The highest BCUT2D eigenvalue weighted by molar-refractivity contribution is 7.86. The van der Waals surface area contributed by atoms with Gasteiger partial charge in [0.05, 0.1) is 0 Å². The van der Waals surface area contributed by atoms with Gasteiger partial charge in [0.25, 0.3) is 0 Å². The van der Waals surface area contributed by atoms with E-state index in [2.05, 4.69) is 31.1 Å². The quantitative estimate of drug-likeness (QED) is 0.608. The number of hydrogen-bond donors (Lipinski definition) is 1. The van der Waals surface area contributed by atoms with E-state index < -0.39 is 22.1 Å². The molecular formula is C24H32FN3O3S. The molecule has 1 aromatic heterocycles. The molecule has 1 unspecified atom stereocenters. The molecule has 1 atom stereocenters. The maximum absolute atomic E-state index is 14.0. The van der Waals surface area contributed by atoms with Gasteiger partial charge in [-0.25, -0.2) is 0 Å². The van der Waals surface area contributed by atoms with Gasteiger partial charge in [0.2, 0.25) is 5.91 Å². The summed E-state index contributed by atoms with van der Waals surface area (Å²) in [6, 6.07) is 9.63. The molecule has 1 aromatic carbocycles. The Balaban J connectivity index is 2.01. The van der Waals surface area contributed by atoms with Crippen LogP contribution in [-0.4, -0.2) is 31.2 Å². The summed E-state index contributed by atoms with van der Waals surface area (Å²) < 4.78 is 37.4. The van der Waals surface area contributed by atoms with E-state index in [0.717, 1.165) is 37.7 Å². The largest absolute Gasteiger partial charge is 0.351 e. The second-order valence-corrected chi connectivity index (χ2v) is 10.8. The Kier molecular flexibility index (Phi) is 7.54. The van der Waals surface area contributed by atoms with Gasteiger partial charge in [-0.2, -0.15) is 8.42 Å². The van der Waals surface area contributed by atoms with Gasteiger partial charge in [0.1, 0.15) is 6.04 Å². The van der Waals surface area contributed by atoms with Crippen molar-refractivity contribution in [2.24, 2.45) is 0 Å². The maximum Gasteiger partial charge on any atom is 0.320 e. The molecule has 6 nitrogen and oxygen atoms in total. The Morgan fingerprint density at radius 2 is 1.81 bits per heavy atom. The van der Waals surface area contributed by atoms with Gasteiger partial charge in [0.15, 0.2) is 5.88 Å². The van der Waals surface area contributed by atoms with Crippen LogP contribution in [0.25, 0.3) is 0 Å². The van der Waals surface area contributed by atoms with Crippen molar-refractivity contribution in [1.82, 2.24) is 10.3 Å². The number of benzene rings is 1. The van der Waals surface area contributed by atoms with E-state index in [1.54, 1.807) is 30.5 Å². The number of hydrogen-bond acceptors (Lipinski definition) is 5. The van der Waals surface area contributed by atoms with E-state index in [4.69, 9.17) is 0 Å². The molecule has 0 aliphatic heterocycles. The number of anilines is 1. The molecule has 8 heteroatoms. The first-order valence-corrected chi connectivity index (χ1v) is 12.6. The van der Waals surface area contributed by atoms with Crippen LogP contribution in [0, 0.1) is 0 Å². The van der Waals surface area contributed by atoms with Gasteiger partial charge >= 0.3 is 10.2 Å². The summed E-state index contributed by atoms with van der Waals surface area (Å²) in [7, 11) is -4.90. The number of amides is 1. The number of nitrogens with zero attached hydrogens (tertiary/aromatic N) is 2. The van der Waals surface area contributed by atoms with E-state index in [1.165, 1.54) is 11.1 Å². The smallest absolute Gasteiger partial charge is 0.320 e. The van der Waals surface area contributed by atoms with Crippen LogP contribution in [0.1, 0.15) is 70.0 Å². The average Bonchev–Trinajstić information content (AvgIpc) is 2.73. The molecule has 1 amide bonds. The lowest BCUT2D eigenvalue weighted by Crippen LogP contribution is -2.46. The van der Waals surface area contributed by atoms with Gasteiger partial charge in [-0.3, -0.25) is 9.78 Å². The third kappa shape index (κ3) is 6.51. The summed E-state index contributed by atoms with van der Waals surface area (Å²) in [6.45, 7) is 6.21. The minimum absolute atomic E-state index is 0.0301. The molecule has 0 bridgehead atoms. The number of pyridine rings is 1. The Morgan fingerprint density at radius 1 is 1.16 bits per heavy atom. The minimum Gasteiger partial charge on any atom is -0.351 e. The maximum atomic E-state index is 14.0. The zero-order chi connectivity index (χ0) is 23.4. The summed E-state index contributed by atoms with van der Waals surface area (Å²) in [4.78, 5) is 18.8. The van der Waals surface area contributed by atoms with E-state index >= 15 is 0 Å². The summed E-state index contributed by atoms with van der Waals surface area (Å²) in [5, 5.41) is 3.06. The Morgan fingerprint density at radius 3 is 2.34 bits per heavy atom. The SMILES string of the molecule is CC(C)(C)c1ccc(N(CS(=O)(=O)F)C(C(=O)NC2CCCCC2)c2cccnc2)cc1. The number of rotatable bonds is 7. The fourth-order valence-electron chi connectivity index (χ4n) is 4.15. The number of halogens is 1. The lowest BCUT2D eigenvalue weighted by Gasteiger charge is -2.34. The van der Waals surface area contributed by atoms with Crippen molar-refractivity contribution in [3.63, 3.8) is 0 Å². The molecule has 0 spiro atoms.